The van der Waals surface area contributed by atoms with E-state index in [9.17, 15) is 4.79 Å². The van der Waals surface area contributed by atoms with Gasteiger partial charge in [0.25, 0.3) is 0 Å². The third kappa shape index (κ3) is 4.25. The smallest absolute Gasteiger partial charge is 0.413 e. The highest BCUT2D eigenvalue weighted by molar-refractivity contribution is 7.16. The Balaban J connectivity index is 2.72. The number of amides is 1. The Hall–Kier alpha value is -1.18. The third-order valence-electron chi connectivity index (χ3n) is 1.97. The number of carbonyl (C=O) groups is 1. The van der Waals surface area contributed by atoms with Crippen molar-refractivity contribution in [1.82, 2.24) is 4.98 Å². The van der Waals surface area contributed by atoms with Crippen LogP contribution in [-0.4, -0.2) is 28.4 Å². The fourth-order valence-corrected chi connectivity index (χ4v) is 2.22. The van der Waals surface area contributed by atoms with Crippen LogP contribution in [0.2, 0.25) is 0 Å². The second-order valence-corrected chi connectivity index (χ2v) is 5.92. The highest BCUT2D eigenvalue weighted by atomic mass is 32.1. The number of aliphatic hydroxyl groups excluding tert-OH is 1. The van der Waals surface area contributed by atoms with Gasteiger partial charge >= 0.3 is 6.09 Å². The van der Waals surface area contributed by atoms with E-state index in [0.29, 0.717) is 10.8 Å². The summed E-state index contributed by atoms with van der Waals surface area (Å²) in [5.41, 5.74) is 5.86. The van der Waals surface area contributed by atoms with Crippen LogP contribution in [0, 0.1) is 6.92 Å². The predicted molar refractivity (Wildman–Crippen MR) is 70.7 cm³/mol. The first-order valence-corrected chi connectivity index (χ1v) is 6.38. The Kier molecular flexibility index (Phi) is 4.66. The molecule has 6 nitrogen and oxygen atoms in total. The number of hydrogen-bond donors (Lipinski definition) is 3. The molecule has 1 unspecified atom stereocenters. The fraction of sp³-hybridized carbons (Fsp3) is 0.636. The number of hydrogen-bond acceptors (Lipinski definition) is 6. The molecule has 1 rings (SSSR count). The second kappa shape index (κ2) is 5.64. The number of aromatic nitrogens is 1. The van der Waals surface area contributed by atoms with Gasteiger partial charge in [-0.05, 0) is 27.7 Å². The van der Waals surface area contributed by atoms with Crippen LogP contribution in [0.1, 0.15) is 37.4 Å². The summed E-state index contributed by atoms with van der Waals surface area (Å²) >= 11 is 1.24. The number of nitrogens with zero attached hydrogens (tertiary/aromatic N) is 1. The van der Waals surface area contributed by atoms with Crippen molar-refractivity contribution in [2.45, 2.75) is 39.3 Å². The average molecular weight is 273 g/mol. The summed E-state index contributed by atoms with van der Waals surface area (Å²) in [6, 6.07) is -0.475. The van der Waals surface area contributed by atoms with Gasteiger partial charge in [-0.1, -0.05) is 11.3 Å². The lowest BCUT2D eigenvalue weighted by Crippen LogP contribution is -2.27. The molecule has 1 atom stereocenters. The van der Waals surface area contributed by atoms with Crippen LogP contribution in [0.3, 0.4) is 0 Å². The molecule has 4 N–H and O–H groups in total. The van der Waals surface area contributed by atoms with Crippen molar-refractivity contribution in [1.29, 1.82) is 0 Å². The van der Waals surface area contributed by atoms with Crippen LogP contribution in [0.15, 0.2) is 0 Å². The number of thiazole rings is 1. The Morgan fingerprint density at radius 3 is 2.72 bits per heavy atom. The molecule has 0 aliphatic heterocycles. The summed E-state index contributed by atoms with van der Waals surface area (Å²) in [4.78, 5) is 16.5. The molecular formula is C11H19N3O3S. The maximum atomic E-state index is 11.5. The summed E-state index contributed by atoms with van der Waals surface area (Å²) in [5, 5.41) is 12.0. The number of aryl methyl sites for hydroxylation is 1. The van der Waals surface area contributed by atoms with Gasteiger partial charge < -0.3 is 15.6 Å². The first kappa shape index (κ1) is 14.9. The number of nitrogens with one attached hydrogen (secondary N) is 1. The largest absolute Gasteiger partial charge is 0.444 e. The molecule has 1 heterocycles. The van der Waals surface area contributed by atoms with Crippen LogP contribution in [0.5, 0.6) is 0 Å². The van der Waals surface area contributed by atoms with E-state index in [-0.39, 0.29) is 6.61 Å². The summed E-state index contributed by atoms with van der Waals surface area (Å²) in [6.07, 6.45) is -0.555. The highest BCUT2D eigenvalue weighted by Crippen LogP contribution is 2.27. The van der Waals surface area contributed by atoms with Gasteiger partial charge in [-0.3, -0.25) is 5.32 Å². The highest BCUT2D eigenvalue weighted by Gasteiger charge is 2.19. The van der Waals surface area contributed by atoms with Crippen LogP contribution in [0.25, 0.3) is 0 Å². The van der Waals surface area contributed by atoms with E-state index in [1.165, 1.54) is 11.3 Å². The zero-order valence-electron chi connectivity index (χ0n) is 11.0. The first-order chi connectivity index (χ1) is 8.23. The van der Waals surface area contributed by atoms with E-state index in [1.807, 2.05) is 0 Å². The van der Waals surface area contributed by atoms with E-state index in [0.717, 1.165) is 4.88 Å². The van der Waals surface area contributed by atoms with E-state index < -0.39 is 17.7 Å². The molecule has 0 saturated heterocycles. The molecule has 0 radical (unpaired) electrons. The van der Waals surface area contributed by atoms with Crippen molar-refractivity contribution < 1.29 is 14.6 Å². The van der Waals surface area contributed by atoms with Gasteiger partial charge in [-0.2, -0.15) is 0 Å². The van der Waals surface area contributed by atoms with Gasteiger partial charge in [-0.15, -0.1) is 0 Å². The summed E-state index contributed by atoms with van der Waals surface area (Å²) in [6.45, 7) is 6.98. The fourth-order valence-electron chi connectivity index (χ4n) is 1.28. The van der Waals surface area contributed by atoms with Gasteiger partial charge in [0.05, 0.1) is 18.3 Å². The Labute approximate surface area is 110 Å². The molecule has 18 heavy (non-hydrogen) atoms. The lowest BCUT2D eigenvalue weighted by Gasteiger charge is -2.18. The van der Waals surface area contributed by atoms with Gasteiger partial charge in [0.1, 0.15) is 5.60 Å². The maximum absolute atomic E-state index is 11.5. The Morgan fingerprint density at radius 2 is 2.22 bits per heavy atom. The molecule has 0 saturated carbocycles. The van der Waals surface area contributed by atoms with E-state index in [1.54, 1.807) is 27.7 Å². The average Bonchev–Trinajstić information content (AvgIpc) is 2.55. The summed E-state index contributed by atoms with van der Waals surface area (Å²) in [5.74, 6) is 0. The molecule has 102 valence electrons. The van der Waals surface area contributed by atoms with E-state index >= 15 is 0 Å². The number of carbonyl (C=O) groups excluding carboxylic acids is 1. The van der Waals surface area contributed by atoms with Gasteiger partial charge in [0.2, 0.25) is 0 Å². The molecule has 0 aliphatic rings. The quantitative estimate of drug-likeness (QED) is 0.780. The SMILES string of the molecule is Cc1nc(NC(=O)OC(C)(C)C)sc1C(N)CO. The number of ether oxygens (including phenoxy) is 1. The van der Waals surface area contributed by atoms with Crippen LogP contribution < -0.4 is 11.1 Å². The minimum atomic E-state index is -0.555. The zero-order chi connectivity index (χ0) is 13.9. The van der Waals surface area contributed by atoms with Crippen LogP contribution >= 0.6 is 11.3 Å². The predicted octanol–water partition coefficient (Wildman–Crippen LogP) is 1.79. The lowest BCUT2D eigenvalue weighted by atomic mass is 10.2. The Morgan fingerprint density at radius 1 is 1.61 bits per heavy atom. The van der Waals surface area contributed by atoms with Crippen molar-refractivity contribution in [2.75, 3.05) is 11.9 Å². The molecule has 0 aliphatic carbocycles. The maximum Gasteiger partial charge on any atom is 0.413 e. The Bertz CT molecular complexity index is 426. The number of rotatable bonds is 3. The van der Waals surface area contributed by atoms with Gasteiger partial charge in [0, 0.05) is 4.88 Å². The zero-order valence-corrected chi connectivity index (χ0v) is 11.8. The summed E-state index contributed by atoms with van der Waals surface area (Å²) < 4.78 is 5.11. The molecule has 0 aromatic carbocycles. The summed E-state index contributed by atoms with van der Waals surface area (Å²) in [7, 11) is 0. The number of aliphatic hydroxyl groups is 1. The molecule has 1 amide bonds. The van der Waals surface area contributed by atoms with Gasteiger partial charge in [-0.25, -0.2) is 9.78 Å². The van der Waals surface area contributed by atoms with Crippen molar-refractivity contribution in [2.24, 2.45) is 5.73 Å². The third-order valence-corrected chi connectivity index (χ3v) is 3.18. The molecular weight excluding hydrogens is 254 g/mol. The standard InChI is InChI=1S/C11H19N3O3S/c1-6-8(7(12)5-15)18-9(13-6)14-10(16)17-11(2,3)4/h7,15H,5,12H2,1-4H3,(H,13,14,16). The van der Waals surface area contributed by atoms with Crippen molar-refractivity contribution in [3.8, 4) is 0 Å². The van der Waals surface area contributed by atoms with E-state index in [2.05, 4.69) is 10.3 Å². The van der Waals surface area contributed by atoms with Crippen LogP contribution in [0.4, 0.5) is 9.93 Å². The number of anilines is 1. The molecule has 1 aromatic heterocycles. The molecule has 1 aromatic rings. The van der Waals surface area contributed by atoms with Crippen LogP contribution in [-0.2, 0) is 4.74 Å². The van der Waals surface area contributed by atoms with E-state index in [4.69, 9.17) is 15.6 Å². The van der Waals surface area contributed by atoms with Gasteiger partial charge in [0.15, 0.2) is 5.13 Å². The molecule has 0 spiro atoms. The topological polar surface area (TPSA) is 97.5 Å². The number of nitrogens with two attached hydrogens (primary N) is 1. The molecule has 0 bridgehead atoms. The minimum Gasteiger partial charge on any atom is -0.444 e. The molecule has 7 heteroatoms. The molecule has 0 fully saturated rings. The monoisotopic (exact) mass is 273 g/mol. The second-order valence-electron chi connectivity index (χ2n) is 4.88. The lowest BCUT2D eigenvalue weighted by molar-refractivity contribution is 0.0636. The van der Waals surface area contributed by atoms with Crippen molar-refractivity contribution in [3.05, 3.63) is 10.6 Å². The van der Waals surface area contributed by atoms with Crippen molar-refractivity contribution >= 4 is 22.6 Å². The normalized spacial score (nSPS) is 13.2. The minimum absolute atomic E-state index is 0.158. The van der Waals surface area contributed by atoms with Crippen molar-refractivity contribution in [3.63, 3.8) is 0 Å². The first-order valence-electron chi connectivity index (χ1n) is 5.56.